The highest BCUT2D eigenvalue weighted by Gasteiger charge is 2.31. The Balaban J connectivity index is 0.00000256. The highest BCUT2D eigenvalue weighted by Crippen LogP contribution is 2.34. The molecule has 1 aliphatic rings. The number of carbonyl (C=O) groups is 1. The minimum Gasteiger partial charge on any atom is -0.368 e. The lowest BCUT2D eigenvalue weighted by molar-refractivity contribution is -0.119. The molecule has 30 heavy (non-hydrogen) atoms. The molecule has 0 saturated heterocycles. The Morgan fingerprint density at radius 3 is 2.40 bits per heavy atom. The highest BCUT2D eigenvalue weighted by molar-refractivity contribution is 6.02. The van der Waals surface area contributed by atoms with Crippen LogP contribution in [0.5, 0.6) is 0 Å². The molecule has 1 unspecified atom stereocenters. The summed E-state index contributed by atoms with van der Waals surface area (Å²) in [7, 11) is 0. The predicted octanol–water partition coefficient (Wildman–Crippen LogP) is 4.99. The molecule has 0 saturated carbocycles. The molecule has 2 N–H and O–H groups in total. The van der Waals surface area contributed by atoms with Gasteiger partial charge in [0.05, 0.1) is 17.9 Å². The number of hydrogen-bond acceptors (Lipinski definition) is 3. The molecule has 3 aromatic rings. The number of amides is 1. The van der Waals surface area contributed by atoms with E-state index in [9.17, 15) is 4.79 Å². The van der Waals surface area contributed by atoms with Crippen LogP contribution in [0.3, 0.4) is 0 Å². The van der Waals surface area contributed by atoms with Crippen molar-refractivity contribution in [2.75, 3.05) is 22.9 Å². The van der Waals surface area contributed by atoms with Crippen LogP contribution < -0.4 is 15.5 Å². The van der Waals surface area contributed by atoms with Crippen LogP contribution in [0.2, 0.25) is 0 Å². The van der Waals surface area contributed by atoms with Crippen LogP contribution >= 0.6 is 12.4 Å². The third-order valence-corrected chi connectivity index (χ3v) is 5.70. The normalized spacial score (nSPS) is 16.4. The van der Waals surface area contributed by atoms with Gasteiger partial charge in [-0.15, -0.1) is 12.4 Å². The monoisotopic (exact) mass is 423 g/mol. The zero-order chi connectivity index (χ0) is 20.4. The van der Waals surface area contributed by atoms with E-state index in [0.29, 0.717) is 19.0 Å². The molecule has 1 aliphatic heterocycles. The summed E-state index contributed by atoms with van der Waals surface area (Å²) in [6.07, 6.45) is 1.07. The topological polar surface area (TPSA) is 49.6 Å². The van der Waals surface area contributed by atoms with E-state index in [2.05, 4.69) is 55.1 Å². The van der Waals surface area contributed by atoms with Crippen molar-refractivity contribution in [3.05, 3.63) is 72.3 Å². The number of rotatable bonds is 5. The molecule has 1 amide bonds. The van der Waals surface area contributed by atoms with Crippen LogP contribution in [-0.4, -0.2) is 25.0 Å². The van der Waals surface area contributed by atoms with Gasteiger partial charge in [0.2, 0.25) is 5.91 Å². The first-order valence-electron chi connectivity index (χ1n) is 10.4. The van der Waals surface area contributed by atoms with Gasteiger partial charge >= 0.3 is 0 Å². The van der Waals surface area contributed by atoms with E-state index in [1.807, 2.05) is 35.2 Å². The standard InChI is InChI=1S/C25H29N3O.ClH/c1-18(2)14-15-27-17-22(26)25(29)28(24-13-6-5-12-23(24)27)16-20-10-7-9-19-8-3-4-11-21(19)20;/h3-13,18,22H,14-17,26H2,1-2H3;1H. The largest absolute Gasteiger partial charge is 0.368 e. The molecular weight excluding hydrogens is 394 g/mol. The van der Waals surface area contributed by atoms with E-state index in [-0.39, 0.29) is 18.3 Å². The quantitative estimate of drug-likeness (QED) is 0.629. The molecule has 4 rings (SSSR count). The Kier molecular flexibility index (Phi) is 7.01. The van der Waals surface area contributed by atoms with Gasteiger partial charge in [-0.1, -0.05) is 68.4 Å². The van der Waals surface area contributed by atoms with Crippen molar-refractivity contribution in [2.45, 2.75) is 32.9 Å². The van der Waals surface area contributed by atoms with E-state index in [1.165, 1.54) is 10.8 Å². The van der Waals surface area contributed by atoms with Crippen LogP contribution in [0.4, 0.5) is 11.4 Å². The predicted molar refractivity (Wildman–Crippen MR) is 128 cm³/mol. The second-order valence-corrected chi connectivity index (χ2v) is 8.29. The van der Waals surface area contributed by atoms with Crippen molar-refractivity contribution in [3.63, 3.8) is 0 Å². The van der Waals surface area contributed by atoms with Crippen molar-refractivity contribution in [3.8, 4) is 0 Å². The van der Waals surface area contributed by atoms with E-state index >= 15 is 0 Å². The molecule has 0 bridgehead atoms. The second kappa shape index (κ2) is 9.50. The van der Waals surface area contributed by atoms with Crippen LogP contribution in [-0.2, 0) is 11.3 Å². The smallest absolute Gasteiger partial charge is 0.246 e. The second-order valence-electron chi connectivity index (χ2n) is 8.29. The number of fused-ring (bicyclic) bond motifs is 2. The SMILES string of the molecule is CC(C)CCN1CC(N)C(=O)N(Cc2cccc3ccccc23)c2ccccc21.Cl. The summed E-state index contributed by atoms with van der Waals surface area (Å²) in [6, 6.07) is 22.2. The number of nitrogens with two attached hydrogens (primary N) is 1. The van der Waals surface area contributed by atoms with E-state index in [4.69, 9.17) is 5.73 Å². The zero-order valence-corrected chi connectivity index (χ0v) is 18.4. The summed E-state index contributed by atoms with van der Waals surface area (Å²) >= 11 is 0. The fourth-order valence-corrected chi connectivity index (χ4v) is 4.08. The van der Waals surface area contributed by atoms with Crippen molar-refractivity contribution in [1.29, 1.82) is 0 Å². The molecule has 158 valence electrons. The fraction of sp³-hybridized carbons (Fsp3) is 0.320. The van der Waals surface area contributed by atoms with Gasteiger partial charge in [0.25, 0.3) is 0 Å². The molecule has 3 aromatic carbocycles. The van der Waals surface area contributed by atoms with Crippen molar-refractivity contribution < 1.29 is 4.79 Å². The molecule has 5 heteroatoms. The van der Waals surface area contributed by atoms with Crippen LogP contribution in [0, 0.1) is 5.92 Å². The summed E-state index contributed by atoms with van der Waals surface area (Å²) in [4.78, 5) is 17.5. The summed E-state index contributed by atoms with van der Waals surface area (Å²) < 4.78 is 0. The molecule has 0 spiro atoms. The molecule has 1 heterocycles. The number of benzene rings is 3. The van der Waals surface area contributed by atoms with Gasteiger partial charge in [-0.05, 0) is 40.8 Å². The van der Waals surface area contributed by atoms with Crippen molar-refractivity contribution in [2.24, 2.45) is 11.7 Å². The minimum atomic E-state index is -0.537. The number of nitrogens with zero attached hydrogens (tertiary/aromatic N) is 2. The molecule has 0 radical (unpaired) electrons. The van der Waals surface area contributed by atoms with Gasteiger partial charge in [-0.3, -0.25) is 4.79 Å². The Labute approximate surface area is 185 Å². The first kappa shape index (κ1) is 22.1. The molecule has 4 nitrogen and oxygen atoms in total. The first-order valence-corrected chi connectivity index (χ1v) is 10.4. The maximum Gasteiger partial charge on any atom is 0.246 e. The average molecular weight is 424 g/mol. The van der Waals surface area contributed by atoms with Gasteiger partial charge in [0.15, 0.2) is 0 Å². The van der Waals surface area contributed by atoms with Gasteiger partial charge in [0.1, 0.15) is 6.04 Å². The third kappa shape index (κ3) is 4.45. The van der Waals surface area contributed by atoms with E-state index in [1.54, 1.807) is 0 Å². The Morgan fingerprint density at radius 1 is 0.967 bits per heavy atom. The number of carbonyl (C=O) groups excluding carboxylic acids is 1. The number of halogens is 1. The van der Waals surface area contributed by atoms with Gasteiger partial charge in [0, 0.05) is 13.1 Å². The molecule has 0 aromatic heterocycles. The van der Waals surface area contributed by atoms with Crippen LogP contribution in [0.25, 0.3) is 10.8 Å². The average Bonchev–Trinajstić information content (AvgIpc) is 2.83. The van der Waals surface area contributed by atoms with E-state index in [0.717, 1.165) is 29.9 Å². The first-order chi connectivity index (χ1) is 14.0. The summed E-state index contributed by atoms with van der Waals surface area (Å²) in [5.41, 5.74) is 9.55. The maximum absolute atomic E-state index is 13.3. The van der Waals surface area contributed by atoms with E-state index < -0.39 is 6.04 Å². The van der Waals surface area contributed by atoms with Gasteiger partial charge < -0.3 is 15.5 Å². The lowest BCUT2D eigenvalue weighted by Gasteiger charge is -2.27. The molecule has 0 fully saturated rings. The lowest BCUT2D eigenvalue weighted by atomic mass is 10.0. The molecular formula is C25H30ClN3O. The Bertz CT molecular complexity index is 1010. The highest BCUT2D eigenvalue weighted by atomic mass is 35.5. The number of para-hydroxylation sites is 2. The summed E-state index contributed by atoms with van der Waals surface area (Å²) in [5, 5.41) is 2.36. The van der Waals surface area contributed by atoms with Crippen LogP contribution in [0.1, 0.15) is 25.8 Å². The Morgan fingerprint density at radius 2 is 1.63 bits per heavy atom. The maximum atomic E-state index is 13.3. The lowest BCUT2D eigenvalue weighted by Crippen LogP contribution is -2.47. The minimum absolute atomic E-state index is 0. The van der Waals surface area contributed by atoms with Gasteiger partial charge in [-0.2, -0.15) is 0 Å². The van der Waals surface area contributed by atoms with Crippen molar-refractivity contribution >= 4 is 40.5 Å². The summed E-state index contributed by atoms with van der Waals surface area (Å²) in [5.74, 6) is 0.585. The third-order valence-electron chi connectivity index (χ3n) is 5.70. The fourth-order valence-electron chi connectivity index (χ4n) is 4.08. The zero-order valence-electron chi connectivity index (χ0n) is 17.6. The number of hydrogen-bond donors (Lipinski definition) is 1. The van der Waals surface area contributed by atoms with Crippen LogP contribution in [0.15, 0.2) is 66.7 Å². The summed E-state index contributed by atoms with van der Waals surface area (Å²) in [6.45, 7) is 6.42. The Hall–Kier alpha value is -2.56. The van der Waals surface area contributed by atoms with Crippen molar-refractivity contribution in [1.82, 2.24) is 0 Å². The number of anilines is 2. The van der Waals surface area contributed by atoms with Gasteiger partial charge in [-0.25, -0.2) is 0 Å². The molecule has 0 aliphatic carbocycles. The molecule has 1 atom stereocenters.